The van der Waals surface area contributed by atoms with Crippen LogP contribution in [0.3, 0.4) is 0 Å². The number of carbonyl (C=O) groups excluding carboxylic acids is 1. The van der Waals surface area contributed by atoms with Gasteiger partial charge in [0, 0.05) is 9.79 Å². The van der Waals surface area contributed by atoms with Crippen molar-refractivity contribution in [1.82, 2.24) is 0 Å². The highest BCUT2D eigenvalue weighted by molar-refractivity contribution is 7.99. The summed E-state index contributed by atoms with van der Waals surface area (Å²) >= 11 is 1.51. The van der Waals surface area contributed by atoms with Gasteiger partial charge >= 0.3 is 11.9 Å². The molecule has 0 saturated heterocycles. The maximum absolute atomic E-state index is 13.1. The minimum atomic E-state index is -1.20. The van der Waals surface area contributed by atoms with Gasteiger partial charge in [0.2, 0.25) is 0 Å². The van der Waals surface area contributed by atoms with E-state index in [1.54, 1.807) is 36.4 Å². The van der Waals surface area contributed by atoms with Crippen LogP contribution in [0.25, 0.3) is 0 Å². The van der Waals surface area contributed by atoms with Gasteiger partial charge in [0.15, 0.2) is 5.75 Å². The fourth-order valence-corrected chi connectivity index (χ4v) is 6.27. The van der Waals surface area contributed by atoms with Crippen LogP contribution >= 0.6 is 11.8 Å². The van der Waals surface area contributed by atoms with Crippen LogP contribution < -0.4 is 9.62 Å². The molecule has 0 fully saturated rings. The molecule has 0 radical (unpaired) electrons. The van der Waals surface area contributed by atoms with Crippen molar-refractivity contribution in [3.05, 3.63) is 190 Å². The molecule has 0 unspecified atom stereocenters. The SMILES string of the molecule is O=C(O)c1ccc(Cc2ccccc2)cc1C(=O)Oc1ccc(Sc2ccc(OOCc3cc(Cc4ccccc4)ccc3COO)cc2)cc1. The Morgan fingerprint density at radius 3 is 1.71 bits per heavy atom. The molecule has 6 aromatic carbocycles. The molecule has 2 N–H and O–H groups in total. The Kier molecular flexibility index (Phi) is 11.9. The summed E-state index contributed by atoms with van der Waals surface area (Å²) in [5.41, 5.74) is 5.67. The molecular weight excluding hydrogens is 665 g/mol. The summed E-state index contributed by atoms with van der Waals surface area (Å²) in [5.74, 6) is -1.11. The number of carboxylic acid groups (broad SMARTS) is 1. The number of carbonyl (C=O) groups is 2. The highest BCUT2D eigenvalue weighted by Crippen LogP contribution is 2.31. The lowest BCUT2D eigenvalue weighted by atomic mass is 9.99. The van der Waals surface area contributed by atoms with Crippen LogP contribution in [0.1, 0.15) is 54.1 Å². The van der Waals surface area contributed by atoms with E-state index < -0.39 is 11.9 Å². The molecule has 0 aliphatic rings. The summed E-state index contributed by atoms with van der Waals surface area (Å²) in [7, 11) is 0. The van der Waals surface area contributed by atoms with Gasteiger partial charge in [-0.2, -0.15) is 4.89 Å². The first kappa shape index (κ1) is 35.1. The fraction of sp³-hybridized carbons (Fsp3) is 0.0952. The third kappa shape index (κ3) is 9.94. The second-order valence-corrected chi connectivity index (χ2v) is 12.8. The van der Waals surface area contributed by atoms with E-state index in [0.717, 1.165) is 44.0 Å². The van der Waals surface area contributed by atoms with Gasteiger partial charge in [-0.15, -0.1) is 0 Å². The zero-order valence-electron chi connectivity index (χ0n) is 27.4. The first-order valence-electron chi connectivity index (χ1n) is 16.1. The summed E-state index contributed by atoms with van der Waals surface area (Å²) in [5, 5.41) is 18.7. The smallest absolute Gasteiger partial charge is 0.344 e. The van der Waals surface area contributed by atoms with Crippen molar-refractivity contribution < 1.29 is 39.4 Å². The van der Waals surface area contributed by atoms with Crippen LogP contribution in [0.5, 0.6) is 11.5 Å². The van der Waals surface area contributed by atoms with Crippen molar-refractivity contribution in [2.24, 2.45) is 0 Å². The van der Waals surface area contributed by atoms with E-state index >= 15 is 0 Å². The maximum atomic E-state index is 13.1. The van der Waals surface area contributed by atoms with Crippen molar-refractivity contribution in [1.29, 1.82) is 0 Å². The molecule has 0 bridgehead atoms. The van der Waals surface area contributed by atoms with Crippen LogP contribution in [-0.2, 0) is 35.8 Å². The largest absolute Gasteiger partial charge is 0.478 e. The van der Waals surface area contributed by atoms with Gasteiger partial charge in [-0.25, -0.2) is 14.5 Å². The van der Waals surface area contributed by atoms with Gasteiger partial charge in [-0.3, -0.25) is 5.26 Å². The number of esters is 1. The number of aromatic carboxylic acids is 1. The molecule has 6 rings (SSSR count). The van der Waals surface area contributed by atoms with Gasteiger partial charge < -0.3 is 14.7 Å². The zero-order valence-corrected chi connectivity index (χ0v) is 28.3. The quantitative estimate of drug-likeness (QED) is 0.0469. The summed E-state index contributed by atoms with van der Waals surface area (Å²) in [6.07, 6.45) is 1.32. The maximum Gasteiger partial charge on any atom is 0.344 e. The monoisotopic (exact) mass is 698 g/mol. The molecule has 0 aromatic heterocycles. The Hall–Kier alpha value is -5.71. The predicted molar refractivity (Wildman–Crippen MR) is 193 cm³/mol. The van der Waals surface area contributed by atoms with E-state index in [9.17, 15) is 14.7 Å². The number of rotatable bonds is 15. The molecule has 0 spiro atoms. The number of hydrogen-bond donors (Lipinski definition) is 2. The first-order valence-corrected chi connectivity index (χ1v) is 17.0. The summed E-state index contributed by atoms with van der Waals surface area (Å²) < 4.78 is 5.58. The molecule has 0 amide bonds. The Labute approximate surface area is 299 Å². The van der Waals surface area contributed by atoms with E-state index in [2.05, 4.69) is 17.0 Å². The summed E-state index contributed by atoms with van der Waals surface area (Å²) in [6, 6.07) is 45.0. The number of ether oxygens (including phenoxy) is 1. The van der Waals surface area contributed by atoms with E-state index in [1.165, 1.54) is 23.4 Å². The minimum absolute atomic E-state index is 0.00290. The number of benzene rings is 6. The van der Waals surface area contributed by atoms with Crippen molar-refractivity contribution in [2.45, 2.75) is 35.8 Å². The number of carboxylic acids is 1. The molecule has 6 aromatic rings. The highest BCUT2D eigenvalue weighted by atomic mass is 32.2. The molecular formula is C42H34O8S. The second kappa shape index (κ2) is 17.3. The molecule has 0 aliphatic carbocycles. The lowest BCUT2D eigenvalue weighted by Gasteiger charge is -2.12. The van der Waals surface area contributed by atoms with Crippen LogP contribution in [0, 0.1) is 0 Å². The molecule has 0 aliphatic heterocycles. The lowest BCUT2D eigenvalue weighted by Crippen LogP contribution is -2.14. The standard InChI is InChI=1S/C42H34O8S/c43-41(44)39-22-12-32(24-30-9-5-2-6-10-30)26-40(39)42(45)49-35-14-18-37(19-15-35)51-38-20-16-36(17-21-38)50-48-28-34-25-31(11-13-33(34)27-47-46)23-29-7-3-1-4-8-29/h1-22,25-26,46H,23-24,27-28H2,(H,43,44). The predicted octanol–water partition coefficient (Wildman–Crippen LogP) is 9.44. The topological polar surface area (TPSA) is 112 Å². The molecule has 51 heavy (non-hydrogen) atoms. The molecule has 8 nitrogen and oxygen atoms in total. The van der Waals surface area contributed by atoms with Gasteiger partial charge in [0.1, 0.15) is 19.0 Å². The zero-order chi connectivity index (χ0) is 35.4. The summed E-state index contributed by atoms with van der Waals surface area (Å²) in [4.78, 5) is 42.3. The normalized spacial score (nSPS) is 10.8. The van der Waals surface area contributed by atoms with Crippen molar-refractivity contribution in [3.63, 3.8) is 0 Å². The van der Waals surface area contributed by atoms with Crippen LogP contribution in [0.2, 0.25) is 0 Å². The first-order chi connectivity index (χ1) is 24.9. The lowest BCUT2D eigenvalue weighted by molar-refractivity contribution is -0.253. The van der Waals surface area contributed by atoms with E-state index in [0.29, 0.717) is 17.9 Å². The Morgan fingerprint density at radius 1 is 0.549 bits per heavy atom. The Bertz CT molecular complexity index is 2070. The molecule has 0 saturated carbocycles. The van der Waals surface area contributed by atoms with Gasteiger partial charge in [0.25, 0.3) is 0 Å². The fourth-order valence-electron chi connectivity index (χ4n) is 5.45. The van der Waals surface area contributed by atoms with Gasteiger partial charge in [-0.05, 0) is 107 Å². The third-order valence-corrected chi connectivity index (χ3v) is 9.01. The minimum Gasteiger partial charge on any atom is -0.478 e. The van der Waals surface area contributed by atoms with Crippen molar-refractivity contribution in [2.75, 3.05) is 0 Å². The number of hydrogen-bond acceptors (Lipinski definition) is 8. The third-order valence-electron chi connectivity index (χ3n) is 7.99. The van der Waals surface area contributed by atoms with Gasteiger partial charge in [0.05, 0.1) is 11.1 Å². The van der Waals surface area contributed by atoms with Gasteiger partial charge in [-0.1, -0.05) is 96.7 Å². The van der Waals surface area contributed by atoms with Crippen LogP contribution in [0.15, 0.2) is 155 Å². The van der Waals surface area contributed by atoms with Crippen molar-refractivity contribution in [3.8, 4) is 11.5 Å². The average molecular weight is 699 g/mol. The van der Waals surface area contributed by atoms with Crippen molar-refractivity contribution >= 4 is 23.7 Å². The second-order valence-electron chi connectivity index (χ2n) is 11.7. The van der Waals surface area contributed by atoms with Crippen LogP contribution in [-0.4, -0.2) is 22.3 Å². The summed E-state index contributed by atoms with van der Waals surface area (Å²) in [6.45, 7) is 0.194. The van der Waals surface area contributed by atoms with E-state index in [4.69, 9.17) is 19.8 Å². The molecule has 0 heterocycles. The molecule has 0 atom stereocenters. The Morgan fingerprint density at radius 2 is 1.12 bits per heavy atom. The average Bonchev–Trinajstić information content (AvgIpc) is 3.15. The Balaban J connectivity index is 1.03. The van der Waals surface area contributed by atoms with Crippen LogP contribution in [0.4, 0.5) is 0 Å². The molecule has 256 valence electrons. The van der Waals surface area contributed by atoms with E-state index in [-0.39, 0.29) is 24.3 Å². The molecule has 9 heteroatoms. The highest BCUT2D eigenvalue weighted by Gasteiger charge is 2.19. The van der Waals surface area contributed by atoms with E-state index in [1.807, 2.05) is 91.0 Å².